The van der Waals surface area contributed by atoms with Crippen molar-refractivity contribution in [3.05, 3.63) is 72.2 Å². The maximum Gasteiger partial charge on any atom is 0.417 e. The molecule has 1 saturated carbocycles. The quantitative estimate of drug-likeness (QED) is 0.499. The predicted octanol–water partition coefficient (Wildman–Crippen LogP) is 4.61. The second-order valence-electron chi connectivity index (χ2n) is 7.29. The minimum Gasteiger partial charge on any atom is -0.369 e. The SMILES string of the molecule is O=C(Nc1cc(C(O)Nc2cncc(-c3ccccc3C(F)(F)F)c2)ccn1)C1CC1. The van der Waals surface area contributed by atoms with Crippen LogP contribution in [-0.2, 0) is 11.0 Å². The highest BCUT2D eigenvalue weighted by atomic mass is 19.4. The van der Waals surface area contributed by atoms with E-state index in [0.717, 1.165) is 18.9 Å². The summed E-state index contributed by atoms with van der Waals surface area (Å²) < 4.78 is 40.0. The number of aliphatic hydroxyl groups excluding tert-OH is 1. The maximum atomic E-state index is 13.3. The molecule has 3 aromatic rings. The second-order valence-corrected chi connectivity index (χ2v) is 7.29. The number of aliphatic hydroxyl groups is 1. The van der Waals surface area contributed by atoms with Gasteiger partial charge in [0.15, 0.2) is 6.23 Å². The van der Waals surface area contributed by atoms with Gasteiger partial charge >= 0.3 is 6.18 Å². The van der Waals surface area contributed by atoms with E-state index in [-0.39, 0.29) is 23.0 Å². The van der Waals surface area contributed by atoms with Crippen molar-refractivity contribution < 1.29 is 23.1 Å². The lowest BCUT2D eigenvalue weighted by Gasteiger charge is -2.17. The third kappa shape index (κ3) is 5.00. The van der Waals surface area contributed by atoms with Gasteiger partial charge in [-0.2, -0.15) is 13.2 Å². The van der Waals surface area contributed by atoms with Gasteiger partial charge in [-0.05, 0) is 42.7 Å². The topological polar surface area (TPSA) is 87.1 Å². The number of hydrogen-bond donors (Lipinski definition) is 3. The normalized spacial score (nSPS) is 14.7. The Kier molecular flexibility index (Phi) is 5.60. The van der Waals surface area contributed by atoms with Crippen molar-refractivity contribution in [1.82, 2.24) is 9.97 Å². The van der Waals surface area contributed by atoms with E-state index in [4.69, 9.17) is 0 Å². The van der Waals surface area contributed by atoms with Crippen molar-refractivity contribution in [3.63, 3.8) is 0 Å². The monoisotopic (exact) mass is 428 g/mol. The van der Waals surface area contributed by atoms with Crippen LogP contribution in [0.2, 0.25) is 0 Å². The van der Waals surface area contributed by atoms with Gasteiger partial charge in [0.1, 0.15) is 5.82 Å². The molecule has 1 amide bonds. The number of aromatic nitrogens is 2. The number of benzene rings is 1. The average Bonchev–Trinajstić information content (AvgIpc) is 3.59. The summed E-state index contributed by atoms with van der Waals surface area (Å²) in [5, 5.41) is 16.1. The van der Waals surface area contributed by atoms with Gasteiger partial charge in [-0.15, -0.1) is 0 Å². The van der Waals surface area contributed by atoms with Gasteiger partial charge in [0.05, 0.1) is 17.4 Å². The molecule has 2 heterocycles. The van der Waals surface area contributed by atoms with E-state index in [9.17, 15) is 23.1 Å². The maximum absolute atomic E-state index is 13.3. The minimum atomic E-state index is -4.50. The molecule has 9 heteroatoms. The lowest BCUT2D eigenvalue weighted by atomic mass is 10.0. The Bertz CT molecular complexity index is 1100. The van der Waals surface area contributed by atoms with E-state index in [1.807, 2.05) is 0 Å². The Morgan fingerprint density at radius 3 is 2.65 bits per heavy atom. The smallest absolute Gasteiger partial charge is 0.369 e. The Morgan fingerprint density at radius 1 is 1.13 bits per heavy atom. The first kappa shape index (κ1) is 20.8. The van der Waals surface area contributed by atoms with Crippen molar-refractivity contribution in [1.29, 1.82) is 0 Å². The number of carbonyl (C=O) groups is 1. The minimum absolute atomic E-state index is 0.00498. The highest BCUT2D eigenvalue weighted by Crippen LogP contribution is 2.37. The van der Waals surface area contributed by atoms with Gasteiger partial charge in [0.2, 0.25) is 5.91 Å². The van der Waals surface area contributed by atoms with E-state index >= 15 is 0 Å². The van der Waals surface area contributed by atoms with Crippen LogP contribution in [-0.4, -0.2) is 21.0 Å². The molecule has 0 aliphatic heterocycles. The molecule has 31 heavy (non-hydrogen) atoms. The van der Waals surface area contributed by atoms with Gasteiger partial charge in [0, 0.05) is 29.4 Å². The molecule has 1 unspecified atom stereocenters. The number of pyridine rings is 2. The zero-order valence-electron chi connectivity index (χ0n) is 16.2. The molecule has 0 saturated heterocycles. The third-order valence-electron chi connectivity index (χ3n) is 4.88. The highest BCUT2D eigenvalue weighted by molar-refractivity contribution is 5.93. The number of hydrogen-bond acceptors (Lipinski definition) is 5. The number of carbonyl (C=O) groups excluding carboxylic acids is 1. The van der Waals surface area contributed by atoms with Gasteiger partial charge in [-0.25, -0.2) is 4.98 Å². The van der Waals surface area contributed by atoms with Gasteiger partial charge in [0.25, 0.3) is 0 Å². The molecule has 160 valence electrons. The van der Waals surface area contributed by atoms with Crippen LogP contribution in [0.3, 0.4) is 0 Å². The number of anilines is 2. The second kappa shape index (κ2) is 8.35. The van der Waals surface area contributed by atoms with E-state index in [1.165, 1.54) is 48.9 Å². The molecule has 1 aliphatic rings. The molecule has 3 N–H and O–H groups in total. The standard InChI is InChI=1S/C22H19F3N4O2/c23-22(24,25)18-4-2-1-3-17(18)15-9-16(12-26-11-15)28-21(31)14-7-8-27-19(10-14)29-20(30)13-5-6-13/h1-4,7-13,21,28,31H,5-6H2,(H,27,29,30). The number of amides is 1. The first-order chi connectivity index (χ1) is 14.8. The summed E-state index contributed by atoms with van der Waals surface area (Å²) in [5.74, 6) is 0.232. The Hall–Kier alpha value is -3.46. The molecule has 1 aliphatic carbocycles. The molecule has 6 nitrogen and oxygen atoms in total. The summed E-state index contributed by atoms with van der Waals surface area (Å²) in [7, 11) is 0. The van der Waals surface area contributed by atoms with Crippen molar-refractivity contribution in [3.8, 4) is 11.1 Å². The summed E-state index contributed by atoms with van der Waals surface area (Å²) in [6.07, 6.45) is 0.219. The lowest BCUT2D eigenvalue weighted by Crippen LogP contribution is -2.15. The molecular weight excluding hydrogens is 409 g/mol. The Balaban J connectivity index is 1.53. The lowest BCUT2D eigenvalue weighted by molar-refractivity contribution is -0.137. The van der Waals surface area contributed by atoms with E-state index < -0.39 is 18.0 Å². The fourth-order valence-corrected chi connectivity index (χ4v) is 3.15. The van der Waals surface area contributed by atoms with Gasteiger partial charge in [-0.1, -0.05) is 18.2 Å². The molecule has 1 aromatic carbocycles. The predicted molar refractivity (Wildman–Crippen MR) is 109 cm³/mol. The number of rotatable bonds is 6. The van der Waals surface area contributed by atoms with Crippen molar-refractivity contribution >= 4 is 17.4 Å². The van der Waals surface area contributed by atoms with E-state index in [1.54, 1.807) is 6.07 Å². The van der Waals surface area contributed by atoms with Crippen molar-refractivity contribution in [2.45, 2.75) is 25.2 Å². The average molecular weight is 428 g/mol. The molecule has 4 rings (SSSR count). The van der Waals surface area contributed by atoms with E-state index in [2.05, 4.69) is 20.6 Å². The Morgan fingerprint density at radius 2 is 1.90 bits per heavy atom. The molecule has 0 radical (unpaired) electrons. The number of nitrogens with one attached hydrogen (secondary N) is 2. The summed E-state index contributed by atoms with van der Waals surface area (Å²) in [5.41, 5.74) is 0.260. The van der Waals surface area contributed by atoms with Crippen molar-refractivity contribution in [2.24, 2.45) is 5.92 Å². The zero-order chi connectivity index (χ0) is 22.0. The van der Waals surface area contributed by atoms with Crippen LogP contribution in [0.4, 0.5) is 24.7 Å². The first-order valence-electron chi connectivity index (χ1n) is 9.64. The zero-order valence-corrected chi connectivity index (χ0v) is 16.2. The summed E-state index contributed by atoms with van der Waals surface area (Å²) in [4.78, 5) is 20.0. The largest absolute Gasteiger partial charge is 0.417 e. The van der Waals surface area contributed by atoms with Gasteiger partial charge < -0.3 is 15.7 Å². The molecule has 1 atom stereocenters. The molecule has 0 spiro atoms. The van der Waals surface area contributed by atoms with Gasteiger partial charge in [-0.3, -0.25) is 9.78 Å². The fraction of sp³-hybridized carbons (Fsp3) is 0.227. The first-order valence-corrected chi connectivity index (χ1v) is 9.64. The Labute approximate surface area is 176 Å². The fourth-order valence-electron chi connectivity index (χ4n) is 3.15. The molecule has 1 fully saturated rings. The van der Waals surface area contributed by atoms with Crippen LogP contribution in [0, 0.1) is 5.92 Å². The summed E-state index contributed by atoms with van der Waals surface area (Å²) in [6.45, 7) is 0. The third-order valence-corrected chi connectivity index (χ3v) is 4.88. The van der Waals surface area contributed by atoms with Crippen LogP contribution in [0.25, 0.3) is 11.1 Å². The number of alkyl halides is 3. The summed E-state index contributed by atoms with van der Waals surface area (Å²) >= 11 is 0. The number of halogens is 3. The van der Waals surface area contributed by atoms with Crippen LogP contribution in [0.1, 0.15) is 30.2 Å². The summed E-state index contributed by atoms with van der Waals surface area (Å²) in [6, 6.07) is 9.83. The van der Waals surface area contributed by atoms with Crippen LogP contribution < -0.4 is 10.6 Å². The molecular formula is C22H19F3N4O2. The number of nitrogens with zero attached hydrogens (tertiary/aromatic N) is 2. The van der Waals surface area contributed by atoms with Crippen LogP contribution in [0.15, 0.2) is 61.1 Å². The van der Waals surface area contributed by atoms with E-state index in [0.29, 0.717) is 17.1 Å². The molecule has 2 aromatic heterocycles. The van der Waals surface area contributed by atoms with Crippen LogP contribution in [0.5, 0.6) is 0 Å². The van der Waals surface area contributed by atoms with Crippen molar-refractivity contribution in [2.75, 3.05) is 10.6 Å². The molecule has 0 bridgehead atoms. The van der Waals surface area contributed by atoms with Crippen LogP contribution >= 0.6 is 0 Å². The highest BCUT2D eigenvalue weighted by Gasteiger charge is 2.33.